The van der Waals surface area contributed by atoms with Crippen molar-refractivity contribution in [2.45, 2.75) is 12.5 Å². The molecule has 1 N–H and O–H groups in total. The average Bonchev–Trinajstić information content (AvgIpc) is 2.20. The Labute approximate surface area is 99.2 Å². The molecule has 0 fully saturated rings. The van der Waals surface area contributed by atoms with Gasteiger partial charge in [-0.15, -0.1) is 0 Å². The molecule has 0 bridgehead atoms. The van der Waals surface area contributed by atoms with Crippen LogP contribution in [0.5, 0.6) is 0 Å². The first-order valence-electron chi connectivity index (χ1n) is 4.67. The van der Waals surface area contributed by atoms with E-state index in [9.17, 15) is 0 Å². The highest BCUT2D eigenvalue weighted by Crippen LogP contribution is 2.08. The molecule has 3 heteroatoms. The van der Waals surface area contributed by atoms with Crippen LogP contribution in [-0.2, 0) is 11.2 Å². The first-order valence-corrected chi connectivity index (χ1v) is 5.74. The summed E-state index contributed by atoms with van der Waals surface area (Å²) in [7, 11) is 3.70. The van der Waals surface area contributed by atoms with E-state index >= 15 is 0 Å². The molecular weight excluding hydrogens is 289 g/mol. The fourth-order valence-corrected chi connectivity index (χ4v) is 1.71. The van der Waals surface area contributed by atoms with Crippen molar-refractivity contribution in [1.82, 2.24) is 5.32 Å². The molecule has 0 saturated carbocycles. The molecule has 1 unspecified atom stereocenters. The third-order valence-corrected chi connectivity index (χ3v) is 2.89. The van der Waals surface area contributed by atoms with Gasteiger partial charge in [0, 0.05) is 16.7 Å². The van der Waals surface area contributed by atoms with Crippen molar-refractivity contribution in [1.29, 1.82) is 0 Å². The Kier molecular flexibility index (Phi) is 5.44. The van der Waals surface area contributed by atoms with E-state index < -0.39 is 0 Å². The Morgan fingerprint density at radius 3 is 2.50 bits per heavy atom. The maximum atomic E-state index is 5.13. The van der Waals surface area contributed by atoms with Gasteiger partial charge in [-0.05, 0) is 53.8 Å². The van der Waals surface area contributed by atoms with Gasteiger partial charge in [0.25, 0.3) is 0 Å². The zero-order valence-corrected chi connectivity index (χ0v) is 10.7. The molecule has 0 aliphatic heterocycles. The van der Waals surface area contributed by atoms with Crippen LogP contribution in [0, 0.1) is 3.57 Å². The number of hydrogen-bond acceptors (Lipinski definition) is 2. The minimum Gasteiger partial charge on any atom is -0.383 e. The van der Waals surface area contributed by atoms with Crippen LogP contribution in [0.2, 0.25) is 0 Å². The van der Waals surface area contributed by atoms with Crippen LogP contribution in [0.15, 0.2) is 24.3 Å². The second kappa shape index (κ2) is 6.37. The quantitative estimate of drug-likeness (QED) is 0.841. The minimum atomic E-state index is 0.403. The number of nitrogens with one attached hydrogen (secondary N) is 1. The van der Waals surface area contributed by atoms with E-state index in [0.29, 0.717) is 6.04 Å². The number of benzene rings is 1. The van der Waals surface area contributed by atoms with Crippen LogP contribution in [0.1, 0.15) is 5.56 Å². The monoisotopic (exact) mass is 305 g/mol. The normalized spacial score (nSPS) is 12.8. The van der Waals surface area contributed by atoms with E-state index in [1.165, 1.54) is 9.13 Å². The lowest BCUT2D eigenvalue weighted by atomic mass is 10.1. The van der Waals surface area contributed by atoms with Crippen LogP contribution >= 0.6 is 22.6 Å². The van der Waals surface area contributed by atoms with Crippen LogP contribution in [0.4, 0.5) is 0 Å². The lowest BCUT2D eigenvalue weighted by Gasteiger charge is -2.14. The highest BCUT2D eigenvalue weighted by Gasteiger charge is 2.05. The summed E-state index contributed by atoms with van der Waals surface area (Å²) in [6, 6.07) is 9.01. The lowest BCUT2D eigenvalue weighted by molar-refractivity contribution is 0.169. The van der Waals surface area contributed by atoms with Crippen molar-refractivity contribution in [3.05, 3.63) is 33.4 Å². The van der Waals surface area contributed by atoms with Crippen molar-refractivity contribution < 1.29 is 4.74 Å². The maximum absolute atomic E-state index is 5.13. The molecule has 1 aromatic rings. The highest BCUT2D eigenvalue weighted by molar-refractivity contribution is 14.1. The molecule has 0 heterocycles. The van der Waals surface area contributed by atoms with Gasteiger partial charge in [0.05, 0.1) is 6.61 Å². The van der Waals surface area contributed by atoms with E-state index in [-0.39, 0.29) is 0 Å². The van der Waals surface area contributed by atoms with Crippen molar-refractivity contribution in [3.8, 4) is 0 Å². The van der Waals surface area contributed by atoms with E-state index in [1.807, 2.05) is 7.05 Å². The van der Waals surface area contributed by atoms with Gasteiger partial charge in [0.2, 0.25) is 0 Å². The Hall–Kier alpha value is -0.130. The molecule has 78 valence electrons. The molecule has 0 spiro atoms. The molecule has 1 rings (SSSR count). The summed E-state index contributed by atoms with van der Waals surface area (Å²) in [6.45, 7) is 0.752. The predicted octanol–water partition coefficient (Wildman–Crippen LogP) is 2.07. The molecule has 2 nitrogen and oxygen atoms in total. The summed E-state index contributed by atoms with van der Waals surface area (Å²) in [5.74, 6) is 0. The SMILES string of the molecule is CNC(COC)Cc1ccc(I)cc1. The molecular formula is C11H16INO. The first kappa shape index (κ1) is 11.9. The van der Waals surface area contributed by atoms with Crippen molar-refractivity contribution >= 4 is 22.6 Å². The standard InChI is InChI=1S/C11H16INO/c1-13-11(8-14-2)7-9-3-5-10(12)6-4-9/h3-6,11,13H,7-8H2,1-2H3. The number of hydrogen-bond donors (Lipinski definition) is 1. The third-order valence-electron chi connectivity index (χ3n) is 2.17. The van der Waals surface area contributed by atoms with Gasteiger partial charge in [0.15, 0.2) is 0 Å². The van der Waals surface area contributed by atoms with E-state index in [1.54, 1.807) is 7.11 Å². The predicted molar refractivity (Wildman–Crippen MR) is 67.6 cm³/mol. The van der Waals surface area contributed by atoms with E-state index in [0.717, 1.165) is 13.0 Å². The van der Waals surface area contributed by atoms with Crippen LogP contribution in [0.3, 0.4) is 0 Å². The summed E-state index contributed by atoms with van der Waals surface area (Å²) in [5, 5.41) is 3.24. The fraction of sp³-hybridized carbons (Fsp3) is 0.455. The Morgan fingerprint density at radius 1 is 1.36 bits per heavy atom. The second-order valence-corrected chi connectivity index (χ2v) is 4.52. The average molecular weight is 305 g/mol. The van der Waals surface area contributed by atoms with Gasteiger partial charge >= 0.3 is 0 Å². The first-order chi connectivity index (χ1) is 6.76. The Balaban J connectivity index is 2.53. The summed E-state index contributed by atoms with van der Waals surface area (Å²) >= 11 is 2.32. The molecule has 0 radical (unpaired) electrons. The molecule has 0 saturated heterocycles. The van der Waals surface area contributed by atoms with Gasteiger partial charge in [-0.2, -0.15) is 0 Å². The lowest BCUT2D eigenvalue weighted by Crippen LogP contribution is -2.32. The van der Waals surface area contributed by atoms with Gasteiger partial charge in [-0.3, -0.25) is 0 Å². The molecule has 1 aromatic carbocycles. The maximum Gasteiger partial charge on any atom is 0.0618 e. The van der Waals surface area contributed by atoms with Crippen LogP contribution < -0.4 is 5.32 Å². The Bertz CT molecular complexity index is 260. The highest BCUT2D eigenvalue weighted by atomic mass is 127. The van der Waals surface area contributed by atoms with Crippen LogP contribution in [0.25, 0.3) is 0 Å². The number of ether oxygens (including phenoxy) is 1. The van der Waals surface area contributed by atoms with E-state index in [2.05, 4.69) is 52.2 Å². The Morgan fingerprint density at radius 2 is 2.00 bits per heavy atom. The molecule has 0 aromatic heterocycles. The van der Waals surface area contributed by atoms with Gasteiger partial charge in [0.1, 0.15) is 0 Å². The zero-order chi connectivity index (χ0) is 10.4. The number of likely N-dealkylation sites (N-methyl/N-ethyl adjacent to an activating group) is 1. The van der Waals surface area contributed by atoms with Gasteiger partial charge in [-0.1, -0.05) is 12.1 Å². The zero-order valence-electron chi connectivity index (χ0n) is 8.59. The second-order valence-electron chi connectivity index (χ2n) is 3.27. The van der Waals surface area contributed by atoms with Gasteiger partial charge < -0.3 is 10.1 Å². The van der Waals surface area contributed by atoms with Crippen molar-refractivity contribution in [3.63, 3.8) is 0 Å². The smallest absolute Gasteiger partial charge is 0.0618 e. The molecule has 0 aliphatic rings. The molecule has 1 atom stereocenters. The van der Waals surface area contributed by atoms with Crippen molar-refractivity contribution in [2.75, 3.05) is 20.8 Å². The number of rotatable bonds is 5. The summed E-state index contributed by atoms with van der Waals surface area (Å²) in [6.07, 6.45) is 1.02. The van der Waals surface area contributed by atoms with E-state index in [4.69, 9.17) is 4.74 Å². The molecule has 0 aliphatic carbocycles. The largest absolute Gasteiger partial charge is 0.383 e. The number of methoxy groups -OCH3 is 1. The summed E-state index contributed by atoms with van der Waals surface area (Å²) in [5.41, 5.74) is 1.35. The minimum absolute atomic E-state index is 0.403. The van der Waals surface area contributed by atoms with Crippen molar-refractivity contribution in [2.24, 2.45) is 0 Å². The third kappa shape index (κ3) is 3.94. The van der Waals surface area contributed by atoms with Gasteiger partial charge in [-0.25, -0.2) is 0 Å². The summed E-state index contributed by atoms with van der Waals surface area (Å²) < 4.78 is 6.40. The topological polar surface area (TPSA) is 21.3 Å². The fourth-order valence-electron chi connectivity index (χ4n) is 1.35. The van der Waals surface area contributed by atoms with Crippen LogP contribution in [-0.4, -0.2) is 26.8 Å². The molecule has 0 amide bonds. The number of halogens is 1. The summed E-state index contributed by atoms with van der Waals surface area (Å²) in [4.78, 5) is 0. The molecule has 14 heavy (non-hydrogen) atoms.